The highest BCUT2D eigenvalue weighted by Crippen LogP contribution is 2.26. The van der Waals surface area contributed by atoms with Crippen molar-refractivity contribution in [2.24, 2.45) is 0 Å². The second-order valence-electron chi connectivity index (χ2n) is 4.93. The molecule has 0 spiro atoms. The zero-order chi connectivity index (χ0) is 15.0. The number of hydrogen-bond donors (Lipinski definition) is 1. The average molecular weight is 348 g/mol. The lowest BCUT2D eigenvalue weighted by molar-refractivity contribution is 0.622. The first kappa shape index (κ1) is 14.1. The highest BCUT2D eigenvalue weighted by atomic mass is 79.9. The van der Waals surface area contributed by atoms with Crippen molar-refractivity contribution in [2.45, 2.75) is 19.9 Å². The van der Waals surface area contributed by atoms with E-state index in [-0.39, 0.29) is 5.82 Å². The molecule has 108 valence electrons. The minimum absolute atomic E-state index is 0.332. The van der Waals surface area contributed by atoms with E-state index in [0.717, 1.165) is 11.9 Å². The predicted molar refractivity (Wildman–Crippen MR) is 86.7 cm³/mol. The summed E-state index contributed by atoms with van der Waals surface area (Å²) in [6, 6.07) is 11.4. The molecule has 1 aromatic heterocycles. The van der Waals surface area contributed by atoms with E-state index in [4.69, 9.17) is 5.73 Å². The van der Waals surface area contributed by atoms with E-state index in [0.29, 0.717) is 22.5 Å². The van der Waals surface area contributed by atoms with Gasteiger partial charge in [-0.1, -0.05) is 31.2 Å². The Bertz CT molecular complexity index is 811. The topological polar surface area (TPSA) is 43.8 Å². The Morgan fingerprint density at radius 2 is 1.95 bits per heavy atom. The van der Waals surface area contributed by atoms with Gasteiger partial charge in [0, 0.05) is 6.07 Å². The average Bonchev–Trinajstić information content (AvgIpc) is 2.76. The molecule has 21 heavy (non-hydrogen) atoms. The number of hydrogen-bond acceptors (Lipinski definition) is 2. The molecule has 3 rings (SSSR count). The molecular weight excluding hydrogens is 333 g/mol. The van der Waals surface area contributed by atoms with Crippen LogP contribution in [0.2, 0.25) is 0 Å². The molecule has 0 atom stereocenters. The quantitative estimate of drug-likeness (QED) is 0.773. The molecule has 0 saturated carbocycles. The molecule has 0 bridgehead atoms. The molecule has 0 amide bonds. The van der Waals surface area contributed by atoms with Gasteiger partial charge in [-0.25, -0.2) is 9.37 Å². The first-order valence-corrected chi connectivity index (χ1v) is 7.57. The summed E-state index contributed by atoms with van der Waals surface area (Å²) in [6.45, 7) is 2.75. The molecule has 0 aliphatic rings. The summed E-state index contributed by atoms with van der Waals surface area (Å²) < 4.78 is 15.9. The van der Waals surface area contributed by atoms with Gasteiger partial charge in [0.25, 0.3) is 0 Å². The van der Waals surface area contributed by atoms with E-state index >= 15 is 0 Å². The lowest BCUT2D eigenvalue weighted by Gasteiger charge is -2.11. The van der Waals surface area contributed by atoms with E-state index in [2.05, 4.69) is 40.0 Å². The van der Waals surface area contributed by atoms with Crippen molar-refractivity contribution in [3.05, 3.63) is 57.8 Å². The number of rotatable bonds is 3. The van der Waals surface area contributed by atoms with Crippen LogP contribution in [-0.2, 0) is 13.0 Å². The molecule has 3 aromatic rings. The number of fused-ring (bicyclic) bond motifs is 1. The number of halogens is 2. The van der Waals surface area contributed by atoms with Gasteiger partial charge in [-0.2, -0.15) is 0 Å². The van der Waals surface area contributed by atoms with Crippen LogP contribution in [0.5, 0.6) is 0 Å². The number of aryl methyl sites for hydroxylation is 1. The first-order valence-electron chi connectivity index (χ1n) is 6.77. The molecule has 1 heterocycles. The summed E-state index contributed by atoms with van der Waals surface area (Å²) in [5.74, 6) is 0.0644. The largest absolute Gasteiger partial charge is 0.369 e. The minimum Gasteiger partial charge on any atom is -0.369 e. The van der Waals surface area contributed by atoms with Crippen LogP contribution in [-0.4, -0.2) is 9.55 Å². The van der Waals surface area contributed by atoms with Crippen molar-refractivity contribution in [1.29, 1.82) is 0 Å². The van der Waals surface area contributed by atoms with Gasteiger partial charge in [0.05, 0.1) is 22.1 Å². The third kappa shape index (κ3) is 2.53. The Morgan fingerprint density at radius 1 is 1.24 bits per heavy atom. The number of nitrogens with two attached hydrogens (primary N) is 1. The summed E-state index contributed by atoms with van der Waals surface area (Å²) in [4.78, 5) is 4.25. The maximum atomic E-state index is 13.6. The maximum absolute atomic E-state index is 13.6. The monoisotopic (exact) mass is 347 g/mol. The van der Waals surface area contributed by atoms with Gasteiger partial charge in [-0.15, -0.1) is 0 Å². The Balaban J connectivity index is 2.12. The maximum Gasteiger partial charge on any atom is 0.201 e. The van der Waals surface area contributed by atoms with Gasteiger partial charge in [0.15, 0.2) is 0 Å². The van der Waals surface area contributed by atoms with Gasteiger partial charge in [-0.05, 0) is 39.5 Å². The molecule has 0 aliphatic heterocycles. The Kier molecular flexibility index (Phi) is 3.68. The summed E-state index contributed by atoms with van der Waals surface area (Å²) in [7, 11) is 0. The van der Waals surface area contributed by atoms with Crippen LogP contribution in [0.25, 0.3) is 11.0 Å². The summed E-state index contributed by atoms with van der Waals surface area (Å²) in [5, 5.41) is 0. The molecule has 3 nitrogen and oxygen atoms in total. The Labute approximate surface area is 130 Å². The fourth-order valence-corrected chi connectivity index (χ4v) is 2.86. The van der Waals surface area contributed by atoms with Crippen molar-refractivity contribution in [1.82, 2.24) is 9.55 Å². The van der Waals surface area contributed by atoms with Crippen molar-refractivity contribution < 1.29 is 4.39 Å². The van der Waals surface area contributed by atoms with Gasteiger partial charge in [-0.3, -0.25) is 0 Å². The molecule has 2 N–H and O–H groups in total. The summed E-state index contributed by atoms with van der Waals surface area (Å²) >= 11 is 3.22. The number of nitrogen functional groups attached to an aromatic ring is 1. The number of nitrogens with zero attached hydrogens (tertiary/aromatic N) is 2. The second kappa shape index (κ2) is 5.48. The fourth-order valence-electron chi connectivity index (χ4n) is 2.53. The highest BCUT2D eigenvalue weighted by molar-refractivity contribution is 9.10. The molecule has 0 radical (unpaired) electrons. The normalized spacial score (nSPS) is 11.2. The number of benzene rings is 2. The van der Waals surface area contributed by atoms with Crippen LogP contribution in [0.15, 0.2) is 40.9 Å². The SMILES string of the molecule is CCc1ccccc1Cn1c(N)nc2cc(F)c(Br)cc21. The van der Waals surface area contributed by atoms with Crippen molar-refractivity contribution in [3.8, 4) is 0 Å². The van der Waals surface area contributed by atoms with Crippen LogP contribution in [0.1, 0.15) is 18.1 Å². The molecule has 0 fully saturated rings. The molecule has 0 unspecified atom stereocenters. The van der Waals surface area contributed by atoms with Crippen LogP contribution < -0.4 is 5.73 Å². The standard InChI is InChI=1S/C16H15BrFN3/c1-2-10-5-3-4-6-11(10)9-21-15-7-12(17)13(18)8-14(15)20-16(21)19/h3-8H,2,9H2,1H3,(H2,19,20). The zero-order valence-electron chi connectivity index (χ0n) is 11.6. The smallest absolute Gasteiger partial charge is 0.201 e. The van der Waals surface area contributed by atoms with Crippen LogP contribution in [0, 0.1) is 5.82 Å². The van der Waals surface area contributed by atoms with E-state index in [9.17, 15) is 4.39 Å². The van der Waals surface area contributed by atoms with Gasteiger partial charge in [0.2, 0.25) is 5.95 Å². The van der Waals surface area contributed by atoms with E-state index in [1.54, 1.807) is 6.07 Å². The molecule has 0 aliphatic carbocycles. The lowest BCUT2D eigenvalue weighted by atomic mass is 10.1. The number of imidazole rings is 1. The molecule has 5 heteroatoms. The summed E-state index contributed by atoms with van der Waals surface area (Å²) in [5.41, 5.74) is 9.88. The number of aromatic nitrogens is 2. The van der Waals surface area contributed by atoms with Crippen LogP contribution in [0.3, 0.4) is 0 Å². The van der Waals surface area contributed by atoms with E-state index < -0.39 is 0 Å². The van der Waals surface area contributed by atoms with Gasteiger partial charge < -0.3 is 10.3 Å². The molecule has 0 saturated heterocycles. The van der Waals surface area contributed by atoms with E-state index in [1.807, 2.05) is 16.7 Å². The van der Waals surface area contributed by atoms with Gasteiger partial charge >= 0.3 is 0 Å². The Morgan fingerprint density at radius 3 is 2.67 bits per heavy atom. The van der Waals surface area contributed by atoms with Crippen LogP contribution in [0.4, 0.5) is 10.3 Å². The molecular formula is C16H15BrFN3. The second-order valence-corrected chi connectivity index (χ2v) is 5.79. The van der Waals surface area contributed by atoms with Crippen molar-refractivity contribution in [2.75, 3.05) is 5.73 Å². The lowest BCUT2D eigenvalue weighted by Crippen LogP contribution is -2.06. The third-order valence-corrected chi connectivity index (χ3v) is 4.26. The van der Waals surface area contributed by atoms with Gasteiger partial charge in [0.1, 0.15) is 5.82 Å². The third-order valence-electron chi connectivity index (χ3n) is 3.65. The first-order chi connectivity index (χ1) is 10.1. The predicted octanol–water partition coefficient (Wildman–Crippen LogP) is 4.13. The Hall–Kier alpha value is -1.88. The van der Waals surface area contributed by atoms with E-state index in [1.165, 1.54) is 17.2 Å². The zero-order valence-corrected chi connectivity index (χ0v) is 13.2. The minimum atomic E-state index is -0.332. The van der Waals surface area contributed by atoms with Crippen LogP contribution >= 0.6 is 15.9 Å². The summed E-state index contributed by atoms with van der Waals surface area (Å²) in [6.07, 6.45) is 0.959. The highest BCUT2D eigenvalue weighted by Gasteiger charge is 2.12. The van der Waals surface area contributed by atoms with Crippen molar-refractivity contribution >= 4 is 32.9 Å². The van der Waals surface area contributed by atoms with Crippen molar-refractivity contribution in [3.63, 3.8) is 0 Å². The fraction of sp³-hybridized carbons (Fsp3) is 0.188. The molecule has 2 aromatic carbocycles. The number of anilines is 1.